The molecule has 188 valence electrons. The predicted octanol–water partition coefficient (Wildman–Crippen LogP) is 3.16. The molecule has 4 amide bonds. The minimum Gasteiger partial charge on any atom is -0.307 e. The summed E-state index contributed by atoms with van der Waals surface area (Å²) in [4.78, 5) is 31.0. The van der Waals surface area contributed by atoms with Crippen LogP contribution in [-0.4, -0.2) is 30.3 Å². The summed E-state index contributed by atoms with van der Waals surface area (Å²) >= 11 is 0. The van der Waals surface area contributed by atoms with Crippen molar-refractivity contribution >= 4 is 33.6 Å². The van der Waals surface area contributed by atoms with Gasteiger partial charge in [-0.2, -0.15) is 8.42 Å². The van der Waals surface area contributed by atoms with E-state index in [1.807, 2.05) is 62.4 Å². The molecule has 4 aliphatic heterocycles. The summed E-state index contributed by atoms with van der Waals surface area (Å²) in [6, 6.07) is 18.5. The Morgan fingerprint density at radius 2 is 1.14 bits per heavy atom. The quantitative estimate of drug-likeness (QED) is 0.418. The third kappa shape index (κ3) is 2.77. The van der Waals surface area contributed by atoms with E-state index in [9.17, 15) is 18.0 Å². The maximum atomic E-state index is 13.8. The van der Waals surface area contributed by atoms with Crippen LogP contribution >= 0.6 is 0 Å². The van der Waals surface area contributed by atoms with Crippen LogP contribution in [0.5, 0.6) is 0 Å². The number of urea groups is 2. The zero-order chi connectivity index (χ0) is 25.7. The molecule has 2 saturated heterocycles. The lowest BCUT2D eigenvalue weighted by molar-refractivity contribution is -0.0153. The van der Waals surface area contributed by atoms with Gasteiger partial charge < -0.3 is 10.6 Å². The predicted molar refractivity (Wildman–Crippen MR) is 136 cm³/mol. The molecule has 0 unspecified atom stereocenters. The van der Waals surface area contributed by atoms with Gasteiger partial charge in [0.15, 0.2) is 11.3 Å². The van der Waals surface area contributed by atoms with Crippen molar-refractivity contribution in [1.29, 1.82) is 0 Å². The largest absolute Gasteiger partial charge is 0.322 e. The second-order valence-electron chi connectivity index (χ2n) is 10.1. The molecule has 10 nitrogen and oxygen atoms in total. The lowest BCUT2D eigenvalue weighted by Gasteiger charge is -2.46. The van der Waals surface area contributed by atoms with Crippen molar-refractivity contribution in [3.63, 3.8) is 0 Å². The zero-order valence-electron chi connectivity index (χ0n) is 20.1. The molecule has 4 heterocycles. The van der Waals surface area contributed by atoms with Crippen molar-refractivity contribution in [2.75, 3.05) is 9.44 Å². The summed E-state index contributed by atoms with van der Waals surface area (Å²) in [6.07, 6.45) is 0. The fraction of sp³-hybridized carbons (Fsp3) is 0.231. The molecule has 37 heavy (non-hydrogen) atoms. The van der Waals surface area contributed by atoms with Crippen LogP contribution in [0.2, 0.25) is 0 Å². The van der Waals surface area contributed by atoms with Crippen molar-refractivity contribution in [1.82, 2.24) is 20.4 Å². The molecule has 3 aromatic carbocycles. The Morgan fingerprint density at radius 1 is 0.703 bits per heavy atom. The summed E-state index contributed by atoms with van der Waals surface area (Å²) in [7, 11) is -3.69. The Labute approximate surface area is 213 Å². The average molecular weight is 517 g/mol. The molecule has 0 atom stereocenters. The molecule has 4 aliphatic rings. The number of fused-ring (bicyclic) bond motifs is 2. The summed E-state index contributed by atoms with van der Waals surface area (Å²) in [5.41, 5.74) is 3.53. The van der Waals surface area contributed by atoms with E-state index in [1.54, 1.807) is 21.9 Å². The Bertz CT molecular complexity index is 1550. The standard InChI is InChI=1S/C26H24N6O4S/c1-15-3-7-19(8-4-15)25-26(20-9-5-16(2)6-10-20)31(23(33)27-25)13-17-11-21-22(30-37(35,36)29-21)12-18(17)14-32(26)24(34)28-25/h3-12,29-30H,13-14H2,1-2H3,(H,27,33)(H,28,34). The molecule has 0 radical (unpaired) electrons. The van der Waals surface area contributed by atoms with E-state index >= 15 is 0 Å². The molecule has 11 heteroatoms. The highest BCUT2D eigenvalue weighted by molar-refractivity contribution is 7.94. The maximum absolute atomic E-state index is 13.8. The molecular weight excluding hydrogens is 492 g/mol. The molecule has 0 saturated carbocycles. The number of hydrogen-bond donors (Lipinski definition) is 4. The summed E-state index contributed by atoms with van der Waals surface area (Å²) in [5, 5.41) is 6.27. The third-order valence-corrected chi connectivity index (χ3v) is 8.78. The molecule has 0 bridgehead atoms. The van der Waals surface area contributed by atoms with Crippen LogP contribution in [0.25, 0.3) is 0 Å². The van der Waals surface area contributed by atoms with E-state index in [0.717, 1.165) is 33.4 Å². The number of anilines is 2. The molecule has 0 spiro atoms. The van der Waals surface area contributed by atoms with Crippen molar-refractivity contribution in [2.45, 2.75) is 38.3 Å². The fourth-order valence-corrected chi connectivity index (χ4v) is 7.12. The highest BCUT2D eigenvalue weighted by Crippen LogP contribution is 2.56. The van der Waals surface area contributed by atoms with E-state index in [4.69, 9.17) is 0 Å². The van der Waals surface area contributed by atoms with Crippen LogP contribution < -0.4 is 20.1 Å². The molecule has 4 N–H and O–H groups in total. The zero-order valence-corrected chi connectivity index (χ0v) is 20.9. The van der Waals surface area contributed by atoms with Crippen LogP contribution in [-0.2, 0) is 34.6 Å². The van der Waals surface area contributed by atoms with Crippen LogP contribution in [0.15, 0.2) is 60.7 Å². The Hall–Kier alpha value is -4.25. The average Bonchev–Trinajstić information content (AvgIpc) is 3.31. The van der Waals surface area contributed by atoms with E-state index in [0.29, 0.717) is 11.4 Å². The molecule has 0 aliphatic carbocycles. The third-order valence-electron chi connectivity index (χ3n) is 7.81. The minimum atomic E-state index is -3.69. The smallest absolute Gasteiger partial charge is 0.307 e. The van der Waals surface area contributed by atoms with Gasteiger partial charge >= 0.3 is 22.3 Å². The van der Waals surface area contributed by atoms with Gasteiger partial charge in [0.1, 0.15) is 0 Å². The first-order valence-corrected chi connectivity index (χ1v) is 13.4. The number of nitrogens with zero attached hydrogens (tertiary/aromatic N) is 2. The number of nitrogens with one attached hydrogen (secondary N) is 4. The number of rotatable bonds is 2. The first kappa shape index (κ1) is 22.0. The van der Waals surface area contributed by atoms with E-state index < -0.39 is 21.5 Å². The number of amides is 4. The van der Waals surface area contributed by atoms with Gasteiger partial charge in [0, 0.05) is 11.1 Å². The van der Waals surface area contributed by atoms with E-state index in [2.05, 4.69) is 20.1 Å². The number of aryl methyl sites for hydroxylation is 2. The second kappa shape index (κ2) is 6.94. The minimum absolute atomic E-state index is 0.170. The van der Waals surface area contributed by atoms with Crippen LogP contribution in [0.1, 0.15) is 33.4 Å². The summed E-state index contributed by atoms with van der Waals surface area (Å²) in [6.45, 7) is 4.32. The first-order valence-electron chi connectivity index (χ1n) is 11.9. The van der Waals surface area contributed by atoms with Gasteiger partial charge in [0.2, 0.25) is 0 Å². The molecule has 0 aromatic heterocycles. The van der Waals surface area contributed by atoms with Crippen LogP contribution in [0.3, 0.4) is 0 Å². The van der Waals surface area contributed by atoms with Crippen molar-refractivity contribution in [3.05, 3.63) is 94.0 Å². The van der Waals surface area contributed by atoms with Gasteiger partial charge in [-0.25, -0.2) is 9.59 Å². The summed E-state index contributed by atoms with van der Waals surface area (Å²) < 4.78 is 29.2. The first-order chi connectivity index (χ1) is 17.6. The lowest BCUT2D eigenvalue weighted by atomic mass is 9.81. The highest BCUT2D eigenvalue weighted by Gasteiger charge is 2.74. The van der Waals surface area contributed by atoms with E-state index in [1.165, 1.54) is 0 Å². The number of hydrogen-bond acceptors (Lipinski definition) is 4. The highest BCUT2D eigenvalue weighted by atomic mass is 32.2. The van der Waals surface area contributed by atoms with Crippen molar-refractivity contribution in [2.24, 2.45) is 0 Å². The van der Waals surface area contributed by atoms with Gasteiger partial charge in [0.25, 0.3) is 0 Å². The van der Waals surface area contributed by atoms with Crippen LogP contribution in [0, 0.1) is 13.8 Å². The number of benzene rings is 3. The van der Waals surface area contributed by atoms with Gasteiger partial charge in [-0.1, -0.05) is 59.7 Å². The second-order valence-corrected chi connectivity index (χ2v) is 11.5. The molecule has 7 rings (SSSR count). The number of carbonyl (C=O) groups excluding carboxylic acids is 2. The Kier molecular flexibility index (Phi) is 4.13. The topological polar surface area (TPSA) is 123 Å². The van der Waals surface area contributed by atoms with Gasteiger partial charge in [-0.15, -0.1) is 0 Å². The molecule has 3 aromatic rings. The fourth-order valence-electron chi connectivity index (χ4n) is 6.15. The van der Waals surface area contributed by atoms with Crippen molar-refractivity contribution < 1.29 is 18.0 Å². The number of carbonyl (C=O) groups is 2. The van der Waals surface area contributed by atoms with Crippen LogP contribution in [0.4, 0.5) is 21.0 Å². The van der Waals surface area contributed by atoms with Gasteiger partial charge in [-0.3, -0.25) is 19.2 Å². The SMILES string of the molecule is Cc1ccc(C23NC(=O)N4Cc5cc6c(cc5CN(C(=O)N2)C43c2ccc(C)cc2)NS(=O)(=O)N6)cc1. The van der Waals surface area contributed by atoms with Crippen molar-refractivity contribution in [3.8, 4) is 0 Å². The van der Waals surface area contributed by atoms with E-state index in [-0.39, 0.29) is 25.2 Å². The Balaban J connectivity index is 1.49. The monoisotopic (exact) mass is 516 g/mol. The van der Waals surface area contributed by atoms with Gasteiger partial charge in [-0.05, 0) is 37.1 Å². The molecular formula is C26H24N6O4S. The van der Waals surface area contributed by atoms with Gasteiger partial charge in [0.05, 0.1) is 24.5 Å². The maximum Gasteiger partial charge on any atom is 0.322 e. The lowest BCUT2D eigenvalue weighted by Crippen LogP contribution is -2.61. The molecule has 2 fully saturated rings. The Morgan fingerprint density at radius 3 is 1.59 bits per heavy atom. The summed E-state index contributed by atoms with van der Waals surface area (Å²) in [5.74, 6) is 0. The normalized spacial score (nSPS) is 26.3.